The van der Waals surface area contributed by atoms with Crippen molar-refractivity contribution >= 4 is 11.8 Å². The number of aliphatic hydroxyl groups excluding tert-OH is 1. The topological polar surface area (TPSA) is 121 Å². The second-order valence-corrected chi connectivity index (χ2v) is 15.4. The van der Waals surface area contributed by atoms with Crippen LogP contribution in [0.1, 0.15) is 80.6 Å². The number of hydrogen-bond donors (Lipinski definition) is 2. The van der Waals surface area contributed by atoms with Gasteiger partial charge in [-0.25, -0.2) is 0 Å². The van der Waals surface area contributed by atoms with Gasteiger partial charge in [-0.3, -0.25) is 14.5 Å². The van der Waals surface area contributed by atoms with Crippen LogP contribution in [0.15, 0.2) is 0 Å². The van der Waals surface area contributed by atoms with E-state index >= 15 is 0 Å². The van der Waals surface area contributed by atoms with E-state index in [1.807, 2.05) is 46.8 Å². The van der Waals surface area contributed by atoms with E-state index in [4.69, 9.17) is 18.9 Å². The molecule has 0 radical (unpaired) electrons. The first-order chi connectivity index (χ1) is 20.8. The van der Waals surface area contributed by atoms with Crippen LogP contribution in [0.4, 0.5) is 0 Å². The lowest BCUT2D eigenvalue weighted by Crippen LogP contribution is -2.59. The van der Waals surface area contributed by atoms with Crippen molar-refractivity contribution in [3.63, 3.8) is 0 Å². The molecule has 3 aliphatic heterocycles. The van der Waals surface area contributed by atoms with Gasteiger partial charge in [0.2, 0.25) is 0 Å². The van der Waals surface area contributed by atoms with E-state index in [2.05, 4.69) is 16.7 Å². The van der Waals surface area contributed by atoms with Crippen molar-refractivity contribution in [3.05, 3.63) is 0 Å². The number of esters is 1. The van der Waals surface area contributed by atoms with E-state index in [1.165, 1.54) is 12.8 Å². The minimum Gasteiger partial charge on any atom is -0.463 e. The molecule has 10 atom stereocenters. The van der Waals surface area contributed by atoms with E-state index in [0.717, 1.165) is 19.6 Å². The van der Waals surface area contributed by atoms with Crippen molar-refractivity contribution in [1.82, 2.24) is 14.7 Å². The number of carbonyl (C=O) groups is 2. The van der Waals surface area contributed by atoms with Crippen molar-refractivity contribution in [2.75, 3.05) is 61.0 Å². The Bertz CT molecular complexity index is 986. The van der Waals surface area contributed by atoms with Crippen LogP contribution in [0.3, 0.4) is 0 Å². The summed E-state index contributed by atoms with van der Waals surface area (Å²) in [7, 11) is 7.38. The molecule has 3 saturated heterocycles. The Balaban J connectivity index is 1.96. The Morgan fingerprint density at radius 3 is 2.31 bits per heavy atom. The molecular formula is C34H63N3O8. The molecule has 45 heavy (non-hydrogen) atoms. The standard InChI is InChI=1S/C34H63N3O8/c1-22-19-34(7,42-11)29(45-30-27(38)25(35(8)9)18-23(2)44-30)24(3)28(39)32(4,5)31(40)43-21-26(36(10)20-22)33(6,41)14-17-37-15-12-13-16-37/h22-27,29-30,38,41H,12-21H2,1-11H3/t22-,23-,24+,25+,26+,27-,29-,30+,33-,34-/m1/s1. The average Bonchev–Trinajstić information content (AvgIpc) is 3.48. The molecule has 11 heteroatoms. The van der Waals surface area contributed by atoms with Crippen molar-refractivity contribution in [1.29, 1.82) is 0 Å². The van der Waals surface area contributed by atoms with Crippen LogP contribution in [0.25, 0.3) is 0 Å². The van der Waals surface area contributed by atoms with Gasteiger partial charge in [0.15, 0.2) is 12.1 Å². The number of Topliss-reactive ketones (excluding diaryl/α,β-unsaturated/α-hetero) is 1. The lowest BCUT2D eigenvalue weighted by molar-refractivity contribution is -0.295. The van der Waals surface area contributed by atoms with Crippen molar-refractivity contribution in [3.8, 4) is 0 Å². The van der Waals surface area contributed by atoms with Crippen LogP contribution < -0.4 is 0 Å². The van der Waals surface area contributed by atoms with Crippen molar-refractivity contribution in [2.24, 2.45) is 17.3 Å². The molecule has 0 aromatic rings. The average molecular weight is 642 g/mol. The van der Waals surface area contributed by atoms with Gasteiger partial charge >= 0.3 is 5.97 Å². The predicted molar refractivity (Wildman–Crippen MR) is 173 cm³/mol. The number of nitrogens with zero attached hydrogens (tertiary/aromatic N) is 3. The third kappa shape index (κ3) is 9.04. The highest BCUT2D eigenvalue weighted by molar-refractivity contribution is 6.04. The summed E-state index contributed by atoms with van der Waals surface area (Å²) in [6.45, 7) is 16.1. The molecule has 0 spiro atoms. The van der Waals surface area contributed by atoms with Crippen LogP contribution in [0.5, 0.6) is 0 Å². The van der Waals surface area contributed by atoms with Gasteiger partial charge in [-0.15, -0.1) is 0 Å². The van der Waals surface area contributed by atoms with Gasteiger partial charge in [-0.1, -0.05) is 13.8 Å². The Morgan fingerprint density at radius 1 is 1.11 bits per heavy atom. The second-order valence-electron chi connectivity index (χ2n) is 15.4. The number of rotatable bonds is 8. The zero-order valence-corrected chi connectivity index (χ0v) is 29.9. The molecule has 0 aliphatic carbocycles. The quantitative estimate of drug-likeness (QED) is 0.301. The number of aliphatic hydroxyl groups is 2. The minimum absolute atomic E-state index is 0.0342. The number of ketones is 1. The summed E-state index contributed by atoms with van der Waals surface area (Å²) in [5.74, 6) is -1.75. The molecule has 3 heterocycles. The number of hydrogen-bond acceptors (Lipinski definition) is 11. The van der Waals surface area contributed by atoms with Gasteiger partial charge in [-0.05, 0) is 107 Å². The normalized spacial score (nSPS) is 39.5. The first-order valence-electron chi connectivity index (χ1n) is 16.9. The number of methoxy groups -OCH3 is 1. The summed E-state index contributed by atoms with van der Waals surface area (Å²) in [6, 6.07) is -0.672. The van der Waals surface area contributed by atoms with Gasteiger partial charge in [0.05, 0.1) is 29.5 Å². The van der Waals surface area contributed by atoms with Crippen molar-refractivity contribution in [2.45, 2.75) is 128 Å². The van der Waals surface area contributed by atoms with E-state index < -0.39 is 53.0 Å². The van der Waals surface area contributed by atoms with E-state index in [-0.39, 0.29) is 30.5 Å². The zero-order valence-electron chi connectivity index (χ0n) is 29.9. The van der Waals surface area contributed by atoms with Crippen LogP contribution in [-0.4, -0.2) is 146 Å². The molecule has 11 nitrogen and oxygen atoms in total. The van der Waals surface area contributed by atoms with E-state index in [1.54, 1.807) is 27.9 Å². The van der Waals surface area contributed by atoms with Gasteiger partial charge in [0.25, 0.3) is 0 Å². The Hall–Kier alpha value is -1.18. The molecule has 0 bridgehead atoms. The summed E-state index contributed by atoms with van der Waals surface area (Å²) >= 11 is 0. The lowest BCUT2D eigenvalue weighted by atomic mass is 9.74. The Labute approximate surface area is 271 Å². The van der Waals surface area contributed by atoms with Crippen LogP contribution in [0, 0.1) is 17.3 Å². The zero-order chi connectivity index (χ0) is 33.9. The number of likely N-dealkylation sites (tertiary alicyclic amines) is 1. The monoisotopic (exact) mass is 641 g/mol. The fourth-order valence-corrected chi connectivity index (χ4v) is 7.76. The largest absolute Gasteiger partial charge is 0.463 e. The van der Waals surface area contributed by atoms with Gasteiger partial charge in [0.1, 0.15) is 18.1 Å². The van der Waals surface area contributed by atoms with Gasteiger partial charge < -0.3 is 39.0 Å². The third-order valence-corrected chi connectivity index (χ3v) is 10.7. The highest BCUT2D eigenvalue weighted by atomic mass is 16.7. The predicted octanol–water partition coefficient (Wildman–Crippen LogP) is 2.55. The molecule has 3 fully saturated rings. The molecular weight excluding hydrogens is 578 g/mol. The first kappa shape index (κ1) is 38.3. The van der Waals surface area contributed by atoms with Gasteiger partial charge in [-0.2, -0.15) is 0 Å². The number of carbonyl (C=O) groups excluding carboxylic acids is 2. The Morgan fingerprint density at radius 2 is 1.73 bits per heavy atom. The summed E-state index contributed by atoms with van der Waals surface area (Å²) in [4.78, 5) is 34.3. The summed E-state index contributed by atoms with van der Waals surface area (Å²) in [5, 5.41) is 23.1. The molecule has 0 unspecified atom stereocenters. The van der Waals surface area contributed by atoms with Crippen LogP contribution in [-0.2, 0) is 28.5 Å². The maximum atomic E-state index is 14.2. The fraction of sp³-hybridized carbons (Fsp3) is 0.941. The lowest BCUT2D eigenvalue weighted by Gasteiger charge is -2.47. The van der Waals surface area contributed by atoms with Gasteiger partial charge in [0, 0.05) is 32.2 Å². The highest BCUT2D eigenvalue weighted by Gasteiger charge is 2.52. The molecule has 0 aromatic carbocycles. The SMILES string of the molecule is CO[C@]1(C)C[C@@H](C)CN(C)[C@H]([C@](C)(O)CCN2CCCC2)COC(=O)C(C)(C)C(=O)[C@H](C)[C@H]1O[C@@H]1O[C@H](C)C[C@H](N(C)C)[C@H]1O. The third-order valence-electron chi connectivity index (χ3n) is 10.7. The smallest absolute Gasteiger partial charge is 0.319 e. The number of likely N-dealkylation sites (N-methyl/N-ethyl adjacent to an activating group) is 2. The molecule has 0 aromatic heterocycles. The number of ether oxygens (including phenoxy) is 4. The molecule has 0 amide bonds. The van der Waals surface area contributed by atoms with E-state index in [9.17, 15) is 19.8 Å². The summed E-state index contributed by atoms with van der Waals surface area (Å²) in [5.41, 5.74) is -3.61. The van der Waals surface area contributed by atoms with Crippen LogP contribution >= 0.6 is 0 Å². The fourth-order valence-electron chi connectivity index (χ4n) is 7.76. The first-order valence-corrected chi connectivity index (χ1v) is 16.9. The maximum absolute atomic E-state index is 14.2. The van der Waals surface area contributed by atoms with E-state index in [0.29, 0.717) is 25.8 Å². The summed E-state index contributed by atoms with van der Waals surface area (Å²) in [6.07, 6.45) is 1.08. The molecule has 2 N–H and O–H groups in total. The minimum atomic E-state index is -1.49. The Kier molecular flexibility index (Phi) is 13.1. The molecule has 0 saturated carbocycles. The maximum Gasteiger partial charge on any atom is 0.319 e. The summed E-state index contributed by atoms with van der Waals surface area (Å²) < 4.78 is 24.8. The molecule has 262 valence electrons. The number of cyclic esters (lactones) is 1. The highest BCUT2D eigenvalue weighted by Crippen LogP contribution is 2.38. The van der Waals surface area contributed by atoms with Crippen molar-refractivity contribution < 1.29 is 38.7 Å². The molecule has 3 rings (SSSR count). The molecule has 3 aliphatic rings. The second kappa shape index (κ2) is 15.4. The van der Waals surface area contributed by atoms with Crippen LogP contribution in [0.2, 0.25) is 0 Å².